The summed E-state index contributed by atoms with van der Waals surface area (Å²) in [7, 11) is 1.61. The van der Waals surface area contributed by atoms with Crippen LogP contribution in [0.3, 0.4) is 0 Å². The van der Waals surface area contributed by atoms with Gasteiger partial charge < -0.3 is 25.2 Å². The van der Waals surface area contributed by atoms with Crippen molar-refractivity contribution in [2.75, 3.05) is 26.7 Å². The second kappa shape index (κ2) is 10.1. The standard InChI is InChI=1S/C21H28N4O4/c1-25(13-20(22)26)21(27)10-15-7-8-23-12-16(15)9-17-11-19(29-24-17)14-28-18-5-3-2-4-6-18/h2-6,11,15-16,23H,7-10,12-14H2,1H3,(H2,22,26)/t15-,16+/m1/s1. The molecule has 2 heterocycles. The normalized spacial score (nSPS) is 18.9. The van der Waals surface area contributed by atoms with Crippen molar-refractivity contribution in [3.63, 3.8) is 0 Å². The molecule has 0 spiro atoms. The third kappa shape index (κ3) is 6.32. The van der Waals surface area contributed by atoms with Crippen molar-refractivity contribution in [2.45, 2.75) is 25.9 Å². The molecule has 1 aliphatic rings. The highest BCUT2D eigenvalue weighted by molar-refractivity contribution is 5.83. The molecule has 0 bridgehead atoms. The first-order chi connectivity index (χ1) is 14.0. The van der Waals surface area contributed by atoms with E-state index in [-0.39, 0.29) is 24.3 Å². The molecule has 1 aromatic carbocycles. The van der Waals surface area contributed by atoms with Crippen LogP contribution in [0.15, 0.2) is 40.9 Å². The van der Waals surface area contributed by atoms with Gasteiger partial charge in [-0.15, -0.1) is 0 Å². The summed E-state index contributed by atoms with van der Waals surface area (Å²) in [6.07, 6.45) is 2.03. The molecule has 1 aliphatic heterocycles. The molecule has 0 unspecified atom stereocenters. The number of para-hydroxylation sites is 1. The van der Waals surface area contributed by atoms with E-state index in [1.807, 2.05) is 36.4 Å². The van der Waals surface area contributed by atoms with E-state index in [1.165, 1.54) is 4.90 Å². The maximum Gasteiger partial charge on any atom is 0.237 e. The first kappa shape index (κ1) is 20.9. The largest absolute Gasteiger partial charge is 0.486 e. The number of nitrogens with one attached hydrogen (secondary N) is 1. The second-order valence-corrected chi connectivity index (χ2v) is 7.52. The lowest BCUT2D eigenvalue weighted by atomic mass is 9.81. The number of amides is 2. The van der Waals surface area contributed by atoms with Gasteiger partial charge in [-0.3, -0.25) is 9.59 Å². The zero-order chi connectivity index (χ0) is 20.6. The summed E-state index contributed by atoms with van der Waals surface area (Å²) in [5, 5.41) is 7.56. The highest BCUT2D eigenvalue weighted by atomic mass is 16.5. The fourth-order valence-corrected chi connectivity index (χ4v) is 3.65. The van der Waals surface area contributed by atoms with Crippen LogP contribution in [0.1, 0.15) is 24.3 Å². The van der Waals surface area contributed by atoms with Gasteiger partial charge in [-0.2, -0.15) is 0 Å². The van der Waals surface area contributed by atoms with Crippen LogP contribution in [0.25, 0.3) is 0 Å². The van der Waals surface area contributed by atoms with E-state index in [9.17, 15) is 9.59 Å². The Bertz CT molecular complexity index is 808. The van der Waals surface area contributed by atoms with E-state index >= 15 is 0 Å². The Labute approximate surface area is 170 Å². The fourth-order valence-electron chi connectivity index (χ4n) is 3.65. The van der Waals surface area contributed by atoms with Crippen LogP contribution in [0, 0.1) is 11.8 Å². The Morgan fingerprint density at radius 1 is 1.31 bits per heavy atom. The number of ether oxygens (including phenoxy) is 1. The summed E-state index contributed by atoms with van der Waals surface area (Å²) < 4.78 is 11.1. The molecule has 1 aromatic heterocycles. The van der Waals surface area contributed by atoms with E-state index in [2.05, 4.69) is 10.5 Å². The Balaban J connectivity index is 1.54. The minimum absolute atomic E-state index is 0.0530. The van der Waals surface area contributed by atoms with Gasteiger partial charge in [0.1, 0.15) is 12.4 Å². The molecule has 8 heteroatoms. The smallest absolute Gasteiger partial charge is 0.237 e. The maximum atomic E-state index is 12.4. The Hall–Kier alpha value is -2.87. The average Bonchev–Trinajstić information content (AvgIpc) is 3.15. The van der Waals surface area contributed by atoms with Crippen molar-refractivity contribution < 1.29 is 18.8 Å². The van der Waals surface area contributed by atoms with Crippen molar-refractivity contribution in [3.8, 4) is 5.75 Å². The molecule has 29 heavy (non-hydrogen) atoms. The first-order valence-electron chi connectivity index (χ1n) is 9.86. The highest BCUT2D eigenvalue weighted by Crippen LogP contribution is 2.27. The number of nitrogens with zero attached hydrogens (tertiary/aromatic N) is 2. The molecule has 2 amide bonds. The molecule has 8 nitrogen and oxygen atoms in total. The summed E-state index contributed by atoms with van der Waals surface area (Å²) in [5.41, 5.74) is 6.04. The molecule has 3 rings (SSSR count). The summed E-state index contributed by atoms with van der Waals surface area (Å²) >= 11 is 0. The summed E-state index contributed by atoms with van der Waals surface area (Å²) in [6, 6.07) is 11.5. The third-order valence-electron chi connectivity index (χ3n) is 5.22. The lowest BCUT2D eigenvalue weighted by Gasteiger charge is -2.32. The molecular weight excluding hydrogens is 372 g/mol. The van der Waals surface area contributed by atoms with Crippen LogP contribution >= 0.6 is 0 Å². The van der Waals surface area contributed by atoms with Gasteiger partial charge >= 0.3 is 0 Å². The van der Waals surface area contributed by atoms with E-state index in [4.69, 9.17) is 15.0 Å². The molecule has 156 valence electrons. The van der Waals surface area contributed by atoms with Crippen molar-refractivity contribution in [1.29, 1.82) is 0 Å². The Morgan fingerprint density at radius 2 is 2.10 bits per heavy atom. The summed E-state index contributed by atoms with van der Waals surface area (Å²) in [6.45, 7) is 1.96. The van der Waals surface area contributed by atoms with Crippen LogP contribution in [0.5, 0.6) is 5.75 Å². The van der Waals surface area contributed by atoms with Gasteiger partial charge in [0.2, 0.25) is 11.8 Å². The van der Waals surface area contributed by atoms with Gasteiger partial charge in [-0.25, -0.2) is 0 Å². The van der Waals surface area contributed by atoms with Crippen molar-refractivity contribution in [3.05, 3.63) is 47.9 Å². The molecule has 3 N–H and O–H groups in total. The number of likely N-dealkylation sites (N-methyl/N-ethyl adjacent to an activating group) is 1. The van der Waals surface area contributed by atoms with Crippen LogP contribution in [0.2, 0.25) is 0 Å². The predicted molar refractivity (Wildman–Crippen MR) is 107 cm³/mol. The summed E-state index contributed by atoms with van der Waals surface area (Å²) in [4.78, 5) is 24.9. The molecule has 2 aromatic rings. The molecule has 0 radical (unpaired) electrons. The van der Waals surface area contributed by atoms with Crippen molar-refractivity contribution in [1.82, 2.24) is 15.4 Å². The number of rotatable bonds is 9. The van der Waals surface area contributed by atoms with Gasteiger partial charge in [0.05, 0.1) is 12.2 Å². The van der Waals surface area contributed by atoms with Crippen LogP contribution < -0.4 is 15.8 Å². The number of primary amides is 1. The zero-order valence-corrected chi connectivity index (χ0v) is 16.7. The van der Waals surface area contributed by atoms with Gasteiger partial charge in [0.15, 0.2) is 5.76 Å². The number of benzene rings is 1. The number of hydrogen-bond donors (Lipinski definition) is 2. The van der Waals surface area contributed by atoms with Gasteiger partial charge in [-0.05, 0) is 49.9 Å². The quantitative estimate of drug-likeness (QED) is 0.657. The summed E-state index contributed by atoms with van der Waals surface area (Å²) in [5.74, 6) is 1.37. The number of hydrogen-bond acceptors (Lipinski definition) is 6. The van der Waals surface area contributed by atoms with Crippen molar-refractivity contribution in [2.24, 2.45) is 17.6 Å². The monoisotopic (exact) mass is 400 g/mol. The Morgan fingerprint density at radius 3 is 2.86 bits per heavy atom. The van der Waals surface area contributed by atoms with Crippen molar-refractivity contribution >= 4 is 11.8 Å². The second-order valence-electron chi connectivity index (χ2n) is 7.52. The number of carbonyl (C=O) groups excluding carboxylic acids is 2. The average molecular weight is 400 g/mol. The van der Waals surface area contributed by atoms with Crippen LogP contribution in [-0.4, -0.2) is 48.6 Å². The molecule has 1 saturated heterocycles. The molecule has 0 saturated carbocycles. The molecule has 2 atom stereocenters. The van der Waals surface area contributed by atoms with Crippen LogP contribution in [0.4, 0.5) is 0 Å². The zero-order valence-electron chi connectivity index (χ0n) is 16.7. The van der Waals surface area contributed by atoms with E-state index < -0.39 is 5.91 Å². The minimum Gasteiger partial charge on any atom is -0.486 e. The number of aromatic nitrogens is 1. The minimum atomic E-state index is -0.504. The lowest BCUT2D eigenvalue weighted by molar-refractivity contribution is -0.135. The maximum absolute atomic E-state index is 12.4. The first-order valence-corrected chi connectivity index (χ1v) is 9.86. The fraction of sp³-hybridized carbons (Fsp3) is 0.476. The molecule has 0 aliphatic carbocycles. The van der Waals surface area contributed by atoms with E-state index in [1.54, 1.807) is 7.05 Å². The van der Waals surface area contributed by atoms with Gasteiger partial charge in [0, 0.05) is 19.5 Å². The van der Waals surface area contributed by atoms with Gasteiger partial charge in [0.25, 0.3) is 0 Å². The number of piperidine rings is 1. The van der Waals surface area contributed by atoms with Gasteiger partial charge in [-0.1, -0.05) is 23.4 Å². The lowest BCUT2D eigenvalue weighted by Crippen LogP contribution is -2.42. The van der Waals surface area contributed by atoms with E-state index in [0.29, 0.717) is 18.8 Å². The van der Waals surface area contributed by atoms with Crippen LogP contribution in [-0.2, 0) is 22.6 Å². The number of nitrogens with two attached hydrogens (primary N) is 1. The molecular formula is C21H28N4O4. The molecule has 1 fully saturated rings. The SMILES string of the molecule is CN(CC(N)=O)C(=O)C[C@H]1CCNC[C@@H]1Cc1cc(COc2ccccc2)on1. The predicted octanol–water partition coefficient (Wildman–Crippen LogP) is 1.36. The van der Waals surface area contributed by atoms with E-state index in [0.717, 1.165) is 37.4 Å². The third-order valence-corrected chi connectivity index (χ3v) is 5.22. The number of carbonyl (C=O) groups is 2. The highest BCUT2D eigenvalue weighted by Gasteiger charge is 2.29. The Kier molecular flexibility index (Phi) is 7.24. The topological polar surface area (TPSA) is 111 Å².